The Hall–Kier alpha value is -0.805. The van der Waals surface area contributed by atoms with Gasteiger partial charge in [0.05, 0.1) is 4.90 Å². The van der Waals surface area contributed by atoms with Crippen LogP contribution in [0.4, 0.5) is 0 Å². The van der Waals surface area contributed by atoms with Crippen molar-refractivity contribution in [3.8, 4) is 0 Å². The first kappa shape index (κ1) is 9.28. The quantitative estimate of drug-likeness (QED) is 0.618. The summed E-state index contributed by atoms with van der Waals surface area (Å²) in [6.45, 7) is 0. The normalized spacial score (nSPS) is 11.2. The Labute approximate surface area is 72.2 Å². The van der Waals surface area contributed by atoms with Gasteiger partial charge >= 0.3 is 7.48 Å². The van der Waals surface area contributed by atoms with Crippen LogP contribution in [-0.4, -0.2) is 27.2 Å². The van der Waals surface area contributed by atoms with Crippen molar-refractivity contribution >= 4 is 22.8 Å². The van der Waals surface area contributed by atoms with Crippen LogP contribution in [0, 0.1) is 0 Å². The lowest BCUT2D eigenvalue weighted by atomic mass is 9.89. The first-order chi connectivity index (χ1) is 5.54. The molecule has 0 aromatic heterocycles. The van der Waals surface area contributed by atoms with Crippen molar-refractivity contribution in [1.82, 2.24) is 0 Å². The van der Waals surface area contributed by atoms with E-state index in [9.17, 15) is 8.42 Å². The Morgan fingerprint density at radius 1 is 1.42 bits per heavy atom. The Balaban J connectivity index is 3.20. The third-order valence-electron chi connectivity index (χ3n) is 1.44. The molecule has 0 unspecified atom stereocenters. The van der Waals surface area contributed by atoms with E-state index in [0.29, 0.717) is 5.46 Å². The van der Waals surface area contributed by atoms with Crippen LogP contribution < -0.4 is 5.46 Å². The minimum absolute atomic E-state index is 0.213. The predicted octanol–water partition coefficient (Wildman–Crippen LogP) is -0.673. The summed E-state index contributed by atoms with van der Waals surface area (Å²) in [5.74, 6) is 0. The first-order valence-electron chi connectivity index (χ1n) is 3.31. The monoisotopic (exact) mass is 183 g/mol. The number of hydrogen-bond donors (Lipinski definition) is 1. The molecule has 1 aromatic rings. The highest BCUT2D eigenvalue weighted by Crippen LogP contribution is 2.04. The van der Waals surface area contributed by atoms with Crippen molar-refractivity contribution in [3.05, 3.63) is 24.3 Å². The molecule has 5 heteroatoms. The molecule has 63 valence electrons. The zero-order valence-corrected chi connectivity index (χ0v) is 7.38. The average molecular weight is 183 g/mol. The molecule has 0 saturated carbocycles. The molecule has 0 atom stereocenters. The molecule has 0 heterocycles. The van der Waals surface area contributed by atoms with Gasteiger partial charge in [-0.3, -0.25) is 0 Å². The van der Waals surface area contributed by atoms with Crippen molar-refractivity contribution in [2.75, 3.05) is 6.26 Å². The van der Waals surface area contributed by atoms with Crippen molar-refractivity contribution in [2.45, 2.75) is 4.90 Å². The number of hydrogen-bond acceptors (Lipinski definition) is 3. The number of benzene rings is 1. The highest BCUT2D eigenvalue weighted by molar-refractivity contribution is 7.90. The van der Waals surface area contributed by atoms with Gasteiger partial charge in [-0.05, 0) is 12.1 Å². The molecule has 0 bridgehead atoms. The molecule has 1 N–H and O–H groups in total. The zero-order valence-electron chi connectivity index (χ0n) is 6.56. The summed E-state index contributed by atoms with van der Waals surface area (Å²) >= 11 is 0. The minimum atomic E-state index is -3.17. The molecule has 0 amide bonds. The maximum Gasteiger partial charge on any atom is 0.326 e. The first-order valence-corrected chi connectivity index (χ1v) is 5.21. The maximum absolute atomic E-state index is 11.0. The lowest BCUT2D eigenvalue weighted by molar-refractivity contribution is 0.602. The molecule has 0 saturated heterocycles. The molecule has 0 aliphatic heterocycles. The maximum atomic E-state index is 11.0. The second-order valence-electron chi connectivity index (χ2n) is 2.47. The average Bonchev–Trinajstić information content (AvgIpc) is 2.03. The van der Waals surface area contributed by atoms with E-state index < -0.39 is 9.84 Å². The van der Waals surface area contributed by atoms with Crippen LogP contribution >= 0.6 is 0 Å². The van der Waals surface area contributed by atoms with Gasteiger partial charge in [-0.25, -0.2) is 8.42 Å². The van der Waals surface area contributed by atoms with E-state index in [-0.39, 0.29) is 4.90 Å². The van der Waals surface area contributed by atoms with Gasteiger partial charge in [0.2, 0.25) is 0 Å². The van der Waals surface area contributed by atoms with Gasteiger partial charge < -0.3 is 5.02 Å². The second kappa shape index (κ2) is 3.29. The predicted molar refractivity (Wildman–Crippen MR) is 47.2 cm³/mol. The molecule has 12 heavy (non-hydrogen) atoms. The summed E-state index contributed by atoms with van der Waals surface area (Å²) in [4.78, 5) is 0.213. The van der Waals surface area contributed by atoms with Crippen LogP contribution in [0.25, 0.3) is 0 Å². The van der Waals surface area contributed by atoms with Gasteiger partial charge in [0.15, 0.2) is 9.84 Å². The molecule has 0 aliphatic rings. The van der Waals surface area contributed by atoms with Gasteiger partial charge in [-0.15, -0.1) is 0 Å². The van der Waals surface area contributed by atoms with E-state index in [0.717, 1.165) is 13.7 Å². The fourth-order valence-electron chi connectivity index (χ4n) is 0.825. The zero-order chi connectivity index (χ0) is 9.19. The van der Waals surface area contributed by atoms with E-state index in [1.807, 2.05) is 0 Å². The van der Waals surface area contributed by atoms with E-state index in [2.05, 4.69) is 0 Å². The lowest BCUT2D eigenvalue weighted by Crippen LogP contribution is -2.14. The van der Waals surface area contributed by atoms with Crippen LogP contribution in [0.2, 0.25) is 0 Å². The molecule has 3 nitrogen and oxygen atoms in total. The minimum Gasteiger partial charge on any atom is -0.450 e. The van der Waals surface area contributed by atoms with Crippen molar-refractivity contribution in [2.24, 2.45) is 0 Å². The fraction of sp³-hybridized carbons (Fsp3) is 0.143. The lowest BCUT2D eigenvalue weighted by Gasteiger charge is -1.98. The molecule has 1 aromatic carbocycles. The van der Waals surface area contributed by atoms with E-state index >= 15 is 0 Å². The fourth-order valence-corrected chi connectivity index (χ4v) is 1.50. The van der Waals surface area contributed by atoms with Crippen LogP contribution in [-0.2, 0) is 9.84 Å². The highest BCUT2D eigenvalue weighted by Gasteiger charge is 2.06. The van der Waals surface area contributed by atoms with E-state index in [1.54, 1.807) is 12.1 Å². The van der Waals surface area contributed by atoms with Crippen LogP contribution in [0.15, 0.2) is 29.2 Å². The van der Waals surface area contributed by atoms with E-state index in [1.165, 1.54) is 12.1 Å². The standard InChI is InChI=1S/C7H8BO3S/c1-12(10,11)7-4-2-3-6(5-7)8-9/h2-5,9H,1H3. The van der Waals surface area contributed by atoms with Crippen LogP contribution in [0.3, 0.4) is 0 Å². The van der Waals surface area contributed by atoms with Crippen LogP contribution in [0.5, 0.6) is 0 Å². The summed E-state index contributed by atoms with van der Waals surface area (Å²) in [6, 6.07) is 6.10. The summed E-state index contributed by atoms with van der Waals surface area (Å²) in [6.07, 6.45) is 1.13. The third kappa shape index (κ3) is 2.09. The Kier molecular flexibility index (Phi) is 2.54. The van der Waals surface area contributed by atoms with Gasteiger partial charge in [0.1, 0.15) is 0 Å². The van der Waals surface area contributed by atoms with Crippen molar-refractivity contribution in [3.63, 3.8) is 0 Å². The SMILES string of the molecule is CS(=O)(=O)c1cccc([B]O)c1. The summed E-state index contributed by atoms with van der Waals surface area (Å²) < 4.78 is 22.0. The highest BCUT2D eigenvalue weighted by atomic mass is 32.2. The summed E-state index contributed by atoms with van der Waals surface area (Å²) in [7, 11) is -2.30. The van der Waals surface area contributed by atoms with Crippen LogP contribution in [0.1, 0.15) is 0 Å². The Morgan fingerprint density at radius 3 is 2.58 bits per heavy atom. The van der Waals surface area contributed by atoms with Gasteiger partial charge in [-0.2, -0.15) is 0 Å². The summed E-state index contributed by atoms with van der Waals surface area (Å²) in [5.41, 5.74) is 0.484. The van der Waals surface area contributed by atoms with Gasteiger partial charge in [0.25, 0.3) is 0 Å². The Morgan fingerprint density at radius 2 is 2.08 bits per heavy atom. The van der Waals surface area contributed by atoms with Gasteiger partial charge in [0, 0.05) is 6.26 Å². The number of rotatable bonds is 2. The molecular weight excluding hydrogens is 175 g/mol. The Bertz CT molecular complexity index is 372. The summed E-state index contributed by atoms with van der Waals surface area (Å²) in [5, 5.41) is 8.61. The molecule has 0 fully saturated rings. The van der Waals surface area contributed by atoms with Gasteiger partial charge in [-0.1, -0.05) is 17.6 Å². The molecule has 1 radical (unpaired) electrons. The van der Waals surface area contributed by atoms with Crippen molar-refractivity contribution in [1.29, 1.82) is 0 Å². The van der Waals surface area contributed by atoms with Crippen molar-refractivity contribution < 1.29 is 13.4 Å². The van der Waals surface area contributed by atoms with E-state index in [4.69, 9.17) is 5.02 Å². The molecule has 0 spiro atoms. The largest absolute Gasteiger partial charge is 0.450 e. The smallest absolute Gasteiger partial charge is 0.326 e. The third-order valence-corrected chi connectivity index (χ3v) is 2.55. The molecular formula is C7H8BO3S. The molecule has 1 rings (SSSR count). The number of sulfone groups is 1. The molecule has 0 aliphatic carbocycles. The topological polar surface area (TPSA) is 54.4 Å². The second-order valence-corrected chi connectivity index (χ2v) is 4.49.